The molecule has 0 atom stereocenters. The number of aromatic nitrogens is 4. The Morgan fingerprint density at radius 2 is 0.794 bits per heavy atom. The van der Waals surface area contributed by atoms with Crippen molar-refractivity contribution in [3.8, 4) is 34.2 Å². The molecule has 0 spiro atoms. The number of hydrogen-bond acceptors (Lipinski definition) is 2. The van der Waals surface area contributed by atoms with E-state index in [0.29, 0.717) is 23.7 Å². The molecule has 68 heavy (non-hydrogen) atoms. The molecule has 0 amide bonds. The zero-order valence-electron chi connectivity index (χ0n) is 43.5. The Bertz CT molecular complexity index is 2320. The molecule has 0 bridgehead atoms. The van der Waals surface area contributed by atoms with E-state index in [0.717, 1.165) is 54.4 Å². The van der Waals surface area contributed by atoms with E-state index >= 15 is 0 Å². The van der Waals surface area contributed by atoms with Crippen LogP contribution in [0, 0.1) is 5.92 Å². The monoisotopic (exact) mass is 935 g/mol. The quantitative estimate of drug-likeness (QED) is 0.130. The first kappa shape index (κ1) is 55.1. The summed E-state index contributed by atoms with van der Waals surface area (Å²) >= 11 is 3.14. The zero-order valence-corrected chi connectivity index (χ0v) is 44.3. The van der Waals surface area contributed by atoms with E-state index in [-0.39, 0.29) is 0 Å². The fraction of sp³-hybridized carbons (Fsp3) is 0.387. The number of rotatable bonds is 11. The number of hydrogen-bond donors (Lipinski definition) is 0. The van der Waals surface area contributed by atoms with E-state index in [2.05, 4.69) is 245 Å². The highest BCUT2D eigenvalue weighted by atomic mass is 35.5. The summed E-state index contributed by atoms with van der Waals surface area (Å²) in [6, 6.07) is 30.5. The minimum atomic E-state index is 0.418. The van der Waals surface area contributed by atoms with Crippen molar-refractivity contribution in [1.29, 1.82) is 0 Å². The molecule has 0 saturated carbocycles. The molecule has 362 valence electrons. The number of nitrogens with zero attached hydrogens (tertiary/aromatic N) is 4. The van der Waals surface area contributed by atoms with Crippen molar-refractivity contribution in [1.82, 2.24) is 19.1 Å². The summed E-state index contributed by atoms with van der Waals surface area (Å²) in [7, 11) is 0. The third-order valence-electron chi connectivity index (χ3n) is 12.1. The number of benzene rings is 4. The van der Waals surface area contributed by atoms with Crippen LogP contribution in [-0.4, -0.2) is 19.1 Å². The van der Waals surface area contributed by atoms with Crippen LogP contribution in [0.1, 0.15) is 186 Å². The van der Waals surface area contributed by atoms with E-state index < -0.39 is 0 Å². The first-order chi connectivity index (χ1) is 32.8. The largest absolute Gasteiger partial charge is 0.299 e. The van der Waals surface area contributed by atoms with Crippen LogP contribution >= 0.6 is 12.0 Å². The van der Waals surface area contributed by atoms with Gasteiger partial charge in [-0.25, -0.2) is 9.97 Å². The molecule has 0 saturated heterocycles. The Hall–Kier alpha value is -5.52. The molecule has 8 rings (SSSR count). The lowest BCUT2D eigenvalue weighted by atomic mass is 9.87. The lowest BCUT2D eigenvalue weighted by molar-refractivity contribution is 0.626. The summed E-state index contributed by atoms with van der Waals surface area (Å²) in [6.45, 7) is 29.2. The van der Waals surface area contributed by atoms with Gasteiger partial charge in [0.25, 0.3) is 0 Å². The Morgan fingerprint density at radius 1 is 0.485 bits per heavy atom. The van der Waals surface area contributed by atoms with E-state index in [1.54, 1.807) is 0 Å². The second-order valence-corrected chi connectivity index (χ2v) is 19.4. The van der Waals surface area contributed by atoms with Crippen LogP contribution < -0.4 is 0 Å². The molecule has 0 aliphatic heterocycles. The third kappa shape index (κ3) is 14.7. The van der Waals surface area contributed by atoms with Gasteiger partial charge in [-0.15, -0.1) is 3.98 Å². The van der Waals surface area contributed by atoms with Gasteiger partial charge < -0.3 is 0 Å². The molecular formula is C62H80ClFN4. The summed E-state index contributed by atoms with van der Waals surface area (Å²) in [6.07, 6.45) is 29.0. The van der Waals surface area contributed by atoms with Crippen molar-refractivity contribution in [2.45, 2.75) is 152 Å². The second-order valence-electron chi connectivity index (χ2n) is 19.4. The van der Waals surface area contributed by atoms with Gasteiger partial charge in [0.15, 0.2) is 0 Å². The Morgan fingerprint density at radius 3 is 1.04 bits per heavy atom. The van der Waals surface area contributed by atoms with E-state index in [1.165, 1.54) is 68.7 Å². The smallest absolute Gasteiger partial charge is 0.144 e. The summed E-state index contributed by atoms with van der Waals surface area (Å²) in [5, 5.41) is 0. The molecular weight excluding hydrogens is 855 g/mol. The van der Waals surface area contributed by atoms with Crippen LogP contribution in [0.2, 0.25) is 0 Å². The first-order valence-electron chi connectivity index (χ1n) is 25.2. The second kappa shape index (κ2) is 28.1. The van der Waals surface area contributed by atoms with Crippen LogP contribution in [0.15, 0.2) is 146 Å². The Labute approximate surface area is 416 Å². The highest BCUT2D eigenvalue weighted by Gasteiger charge is 2.23. The minimum Gasteiger partial charge on any atom is -0.299 e. The molecule has 0 unspecified atom stereocenters. The average Bonchev–Trinajstić information content (AvgIpc) is 4.07. The van der Waals surface area contributed by atoms with Crippen LogP contribution in [-0.2, 0) is 0 Å². The van der Waals surface area contributed by atoms with Gasteiger partial charge in [0.1, 0.15) is 23.6 Å². The average molecular weight is 936 g/mol. The lowest BCUT2D eigenvalue weighted by Gasteiger charge is -2.24. The van der Waals surface area contributed by atoms with Crippen molar-refractivity contribution in [2.24, 2.45) is 5.92 Å². The van der Waals surface area contributed by atoms with Gasteiger partial charge in [0, 0.05) is 35.9 Å². The molecule has 2 aliphatic carbocycles. The van der Waals surface area contributed by atoms with Crippen LogP contribution in [0.3, 0.4) is 0 Å². The summed E-state index contributed by atoms with van der Waals surface area (Å²) in [5.74, 6) is 4.56. The maximum atomic E-state index is 8.97. The molecule has 6 heteroatoms. The van der Waals surface area contributed by atoms with E-state index in [4.69, 9.17) is 14.0 Å². The molecule has 2 aliphatic rings. The van der Waals surface area contributed by atoms with Gasteiger partial charge in [0.2, 0.25) is 0 Å². The Kier molecular flexibility index (Phi) is 22.8. The molecule has 4 nitrogen and oxygen atoms in total. The first-order valence-corrected chi connectivity index (χ1v) is 25.5. The van der Waals surface area contributed by atoms with Crippen LogP contribution in [0.4, 0.5) is 3.98 Å². The molecule has 4 aromatic carbocycles. The zero-order chi connectivity index (χ0) is 49.8. The predicted octanol–water partition coefficient (Wildman–Crippen LogP) is 19.6. The van der Waals surface area contributed by atoms with Crippen molar-refractivity contribution in [2.75, 3.05) is 0 Å². The van der Waals surface area contributed by atoms with Gasteiger partial charge in [-0.1, -0.05) is 200 Å². The third-order valence-corrected chi connectivity index (χ3v) is 12.1. The van der Waals surface area contributed by atoms with E-state index in [9.17, 15) is 0 Å². The summed E-state index contributed by atoms with van der Waals surface area (Å²) in [4.78, 5) is 9.43. The lowest BCUT2D eigenvalue weighted by Crippen LogP contribution is -2.09. The molecule has 6 aromatic rings. The van der Waals surface area contributed by atoms with Crippen molar-refractivity contribution >= 4 is 23.1 Å². The normalized spacial score (nSPS) is 12.9. The highest BCUT2D eigenvalue weighted by molar-refractivity contribution is 6.06. The van der Waals surface area contributed by atoms with Gasteiger partial charge >= 0.3 is 0 Å². The van der Waals surface area contributed by atoms with Gasteiger partial charge in [-0.3, -0.25) is 9.13 Å². The Balaban J connectivity index is 0.000000249. The topological polar surface area (TPSA) is 35.6 Å². The number of allylic oxidation sites excluding steroid dienone is 8. The maximum Gasteiger partial charge on any atom is 0.144 e. The minimum absolute atomic E-state index is 0.418. The molecule has 2 heterocycles. The van der Waals surface area contributed by atoms with Crippen LogP contribution in [0.25, 0.3) is 45.3 Å². The van der Waals surface area contributed by atoms with Crippen molar-refractivity contribution < 1.29 is 3.98 Å². The predicted molar refractivity (Wildman–Crippen MR) is 295 cm³/mol. The fourth-order valence-corrected chi connectivity index (χ4v) is 8.23. The maximum absolute atomic E-state index is 8.97. The van der Waals surface area contributed by atoms with E-state index in [1.807, 2.05) is 12.4 Å². The number of halogens is 2. The molecule has 0 N–H and O–H groups in total. The van der Waals surface area contributed by atoms with Gasteiger partial charge in [-0.2, -0.15) is 0 Å². The molecule has 0 fully saturated rings. The fourth-order valence-electron chi connectivity index (χ4n) is 8.23. The van der Waals surface area contributed by atoms with Gasteiger partial charge in [-0.05, 0) is 124 Å². The molecule has 0 radical (unpaired) electrons. The summed E-state index contributed by atoms with van der Waals surface area (Å²) < 4.78 is 13.5. The number of imidazole rings is 2. The van der Waals surface area contributed by atoms with Crippen LogP contribution in [0.5, 0.6) is 0 Å². The van der Waals surface area contributed by atoms with Crippen molar-refractivity contribution in [3.63, 3.8) is 0 Å². The van der Waals surface area contributed by atoms with Crippen molar-refractivity contribution in [3.05, 3.63) is 180 Å². The molecule has 2 aromatic heterocycles. The standard InChI is InChI=1S/2C27H30N2.C5H12.C3H8.ClF/c2*1-19(2)24-17-23(21-11-7-5-8-12-21)18-25(20(3)4)26(24)29-16-15-28-27(29)22-13-9-6-10-14-22;1-4-5(2)3;1-3-2;1-2/h2*6-7,9-20H,5,8H2,1-4H3;5H,4H2,1-3H3;3H2,1-2H3;. The SMILES string of the molecule is CC(C)c1cc(C2=CCCC=C2)cc(C(C)C)c1-n1ccnc1-c1ccccc1.CC(C)c1cc(C2=CCCC=C2)cc(C(C)C)c1-n1ccnc1-c1ccccc1.CCC.CCC(C)C.FCl. The highest BCUT2D eigenvalue weighted by Crippen LogP contribution is 2.39. The summed E-state index contributed by atoms with van der Waals surface area (Å²) in [5.41, 5.74) is 15.7. The van der Waals surface area contributed by atoms with Gasteiger partial charge in [0.05, 0.1) is 11.4 Å².